The predicted octanol–water partition coefficient (Wildman–Crippen LogP) is 0.722. The lowest BCUT2D eigenvalue weighted by Gasteiger charge is -2.14. The molecule has 0 saturated carbocycles. The van der Waals surface area contributed by atoms with E-state index in [1.807, 2.05) is 7.05 Å². The second kappa shape index (κ2) is 8.01. The molecular formula is C12H26N2O2. The molecule has 1 aliphatic rings. The second-order valence-electron chi connectivity index (χ2n) is 4.47. The summed E-state index contributed by atoms with van der Waals surface area (Å²) in [6, 6.07) is 0. The summed E-state index contributed by atoms with van der Waals surface area (Å²) in [7, 11) is 5.55. The maximum absolute atomic E-state index is 5.41. The van der Waals surface area contributed by atoms with Crippen LogP contribution >= 0.6 is 0 Å². The number of unbranched alkanes of at least 4 members (excludes halogenated alkanes) is 2. The molecular weight excluding hydrogens is 204 g/mol. The Kier molecular flexibility index (Phi) is 6.96. The van der Waals surface area contributed by atoms with Crippen molar-refractivity contribution in [2.45, 2.75) is 31.5 Å². The van der Waals surface area contributed by atoms with Crippen LogP contribution in [0.2, 0.25) is 0 Å². The first-order chi connectivity index (χ1) is 7.81. The Morgan fingerprint density at radius 2 is 1.69 bits per heavy atom. The lowest BCUT2D eigenvalue weighted by atomic mass is 10.2. The summed E-state index contributed by atoms with van der Waals surface area (Å²) in [5.74, 6) is 0. The van der Waals surface area contributed by atoms with Gasteiger partial charge in [-0.2, -0.15) is 0 Å². The second-order valence-corrected chi connectivity index (χ2v) is 4.47. The Balaban J connectivity index is 2.10. The van der Waals surface area contributed by atoms with Gasteiger partial charge in [-0.15, -0.1) is 0 Å². The molecule has 0 aliphatic carbocycles. The minimum absolute atomic E-state index is 0.252. The molecule has 1 heterocycles. The summed E-state index contributed by atoms with van der Waals surface area (Å²) in [4.78, 5) is 2.45. The van der Waals surface area contributed by atoms with Gasteiger partial charge in [-0.1, -0.05) is 6.42 Å². The standard InChI is InChI=1S/C12H26N2O2/c1-13-7-5-4-6-8-14-9-11(15-2)12(10-14)16-3/h11-13H,4-10H2,1-3H3. The molecule has 1 saturated heterocycles. The maximum Gasteiger partial charge on any atom is 0.0971 e. The molecule has 2 unspecified atom stereocenters. The molecule has 1 fully saturated rings. The van der Waals surface area contributed by atoms with Crippen molar-refractivity contribution < 1.29 is 9.47 Å². The van der Waals surface area contributed by atoms with Crippen molar-refractivity contribution in [2.24, 2.45) is 0 Å². The predicted molar refractivity (Wildman–Crippen MR) is 65.8 cm³/mol. The van der Waals surface area contributed by atoms with Gasteiger partial charge in [0.1, 0.15) is 0 Å². The van der Waals surface area contributed by atoms with E-state index < -0.39 is 0 Å². The summed E-state index contributed by atoms with van der Waals surface area (Å²) in [6.45, 7) is 4.33. The zero-order valence-electron chi connectivity index (χ0n) is 10.9. The number of rotatable bonds is 8. The number of hydrogen-bond donors (Lipinski definition) is 1. The molecule has 1 aliphatic heterocycles. The van der Waals surface area contributed by atoms with Gasteiger partial charge < -0.3 is 14.8 Å². The van der Waals surface area contributed by atoms with Crippen LogP contribution in [0.15, 0.2) is 0 Å². The van der Waals surface area contributed by atoms with Gasteiger partial charge in [-0.05, 0) is 33.0 Å². The van der Waals surface area contributed by atoms with Crippen LogP contribution in [0.3, 0.4) is 0 Å². The van der Waals surface area contributed by atoms with Gasteiger partial charge in [0.2, 0.25) is 0 Å². The number of likely N-dealkylation sites (tertiary alicyclic amines) is 1. The summed E-state index contributed by atoms with van der Waals surface area (Å²) in [5, 5.41) is 3.17. The average molecular weight is 230 g/mol. The zero-order chi connectivity index (χ0) is 11.8. The number of nitrogens with zero attached hydrogens (tertiary/aromatic N) is 1. The van der Waals surface area contributed by atoms with Gasteiger partial charge in [0.15, 0.2) is 0 Å². The molecule has 0 bridgehead atoms. The number of methoxy groups -OCH3 is 2. The molecule has 0 aromatic heterocycles. The molecule has 96 valence electrons. The first-order valence-electron chi connectivity index (χ1n) is 6.24. The van der Waals surface area contributed by atoms with Crippen molar-refractivity contribution >= 4 is 0 Å². The van der Waals surface area contributed by atoms with Gasteiger partial charge in [0.25, 0.3) is 0 Å². The molecule has 1 rings (SSSR count). The Morgan fingerprint density at radius 3 is 2.19 bits per heavy atom. The van der Waals surface area contributed by atoms with Crippen LogP contribution in [0, 0.1) is 0 Å². The van der Waals surface area contributed by atoms with Crippen molar-refractivity contribution in [3.63, 3.8) is 0 Å². The highest BCUT2D eigenvalue weighted by molar-refractivity contribution is 4.85. The largest absolute Gasteiger partial charge is 0.377 e. The fourth-order valence-electron chi connectivity index (χ4n) is 2.27. The monoisotopic (exact) mass is 230 g/mol. The Labute approximate surface area is 99.3 Å². The maximum atomic E-state index is 5.41. The molecule has 0 radical (unpaired) electrons. The summed E-state index contributed by atoms with van der Waals surface area (Å²) in [6.07, 6.45) is 4.34. The highest BCUT2D eigenvalue weighted by Crippen LogP contribution is 2.16. The molecule has 0 spiro atoms. The first-order valence-corrected chi connectivity index (χ1v) is 6.24. The van der Waals surface area contributed by atoms with Crippen LogP contribution < -0.4 is 5.32 Å². The van der Waals surface area contributed by atoms with E-state index in [0.717, 1.165) is 19.6 Å². The van der Waals surface area contributed by atoms with Crippen molar-refractivity contribution in [1.29, 1.82) is 0 Å². The van der Waals surface area contributed by atoms with E-state index in [-0.39, 0.29) is 12.2 Å². The van der Waals surface area contributed by atoms with E-state index in [1.54, 1.807) is 14.2 Å². The van der Waals surface area contributed by atoms with Gasteiger partial charge in [-0.25, -0.2) is 0 Å². The van der Waals surface area contributed by atoms with E-state index in [4.69, 9.17) is 9.47 Å². The lowest BCUT2D eigenvalue weighted by Crippen LogP contribution is -2.27. The third-order valence-corrected chi connectivity index (χ3v) is 3.30. The molecule has 0 amide bonds. The van der Waals surface area contributed by atoms with Crippen LogP contribution in [0.25, 0.3) is 0 Å². The third kappa shape index (κ3) is 4.37. The summed E-state index contributed by atoms with van der Waals surface area (Å²) >= 11 is 0. The van der Waals surface area contributed by atoms with Crippen LogP contribution in [0.1, 0.15) is 19.3 Å². The first kappa shape index (κ1) is 13.9. The Morgan fingerprint density at radius 1 is 1.06 bits per heavy atom. The van der Waals surface area contributed by atoms with Gasteiger partial charge >= 0.3 is 0 Å². The van der Waals surface area contributed by atoms with Crippen LogP contribution in [-0.2, 0) is 9.47 Å². The average Bonchev–Trinajstić information content (AvgIpc) is 2.71. The minimum atomic E-state index is 0.252. The Hall–Kier alpha value is -0.160. The highest BCUT2D eigenvalue weighted by atomic mass is 16.5. The van der Waals surface area contributed by atoms with Gasteiger partial charge in [0, 0.05) is 27.3 Å². The van der Waals surface area contributed by atoms with Crippen molar-refractivity contribution in [2.75, 3.05) is 47.4 Å². The van der Waals surface area contributed by atoms with E-state index in [9.17, 15) is 0 Å². The topological polar surface area (TPSA) is 33.7 Å². The smallest absolute Gasteiger partial charge is 0.0971 e. The molecule has 1 N–H and O–H groups in total. The van der Waals surface area contributed by atoms with Crippen molar-refractivity contribution in [3.05, 3.63) is 0 Å². The normalized spacial score (nSPS) is 26.4. The fraction of sp³-hybridized carbons (Fsp3) is 1.00. The van der Waals surface area contributed by atoms with Crippen LogP contribution in [0.4, 0.5) is 0 Å². The molecule has 0 aromatic rings. The van der Waals surface area contributed by atoms with E-state index >= 15 is 0 Å². The Bertz CT molecular complexity index is 166. The summed E-state index contributed by atoms with van der Waals surface area (Å²) < 4.78 is 10.8. The molecule has 16 heavy (non-hydrogen) atoms. The van der Waals surface area contributed by atoms with E-state index in [1.165, 1.54) is 25.8 Å². The number of nitrogens with one attached hydrogen (secondary N) is 1. The lowest BCUT2D eigenvalue weighted by molar-refractivity contribution is -0.00461. The quantitative estimate of drug-likeness (QED) is 0.623. The third-order valence-electron chi connectivity index (χ3n) is 3.30. The highest BCUT2D eigenvalue weighted by Gasteiger charge is 2.32. The van der Waals surface area contributed by atoms with E-state index in [0.29, 0.717) is 0 Å². The molecule has 0 aromatic carbocycles. The minimum Gasteiger partial charge on any atom is -0.377 e. The van der Waals surface area contributed by atoms with Crippen LogP contribution in [-0.4, -0.2) is 64.6 Å². The van der Waals surface area contributed by atoms with E-state index in [2.05, 4.69) is 10.2 Å². The molecule has 2 atom stereocenters. The van der Waals surface area contributed by atoms with Gasteiger partial charge in [-0.3, -0.25) is 4.90 Å². The number of hydrogen-bond acceptors (Lipinski definition) is 4. The zero-order valence-corrected chi connectivity index (χ0v) is 10.9. The van der Waals surface area contributed by atoms with Crippen LogP contribution in [0.5, 0.6) is 0 Å². The SMILES string of the molecule is CNCCCCCN1CC(OC)C(OC)C1. The molecule has 4 heteroatoms. The van der Waals surface area contributed by atoms with Crippen molar-refractivity contribution in [1.82, 2.24) is 10.2 Å². The summed E-state index contributed by atoms with van der Waals surface area (Å²) in [5.41, 5.74) is 0. The van der Waals surface area contributed by atoms with Crippen molar-refractivity contribution in [3.8, 4) is 0 Å². The van der Waals surface area contributed by atoms with Gasteiger partial charge in [0.05, 0.1) is 12.2 Å². The number of ether oxygens (including phenoxy) is 2. The molecule has 4 nitrogen and oxygen atoms in total. The fourth-order valence-corrected chi connectivity index (χ4v) is 2.27.